The van der Waals surface area contributed by atoms with E-state index >= 15 is 0 Å². The molecule has 0 atom stereocenters. The minimum absolute atomic E-state index is 0.507. The fraction of sp³-hybridized carbons (Fsp3) is 1.00. The zero-order chi connectivity index (χ0) is 14.5. The van der Waals surface area contributed by atoms with Crippen LogP contribution in [0.25, 0.3) is 0 Å². The summed E-state index contributed by atoms with van der Waals surface area (Å²) >= 11 is 0. The van der Waals surface area contributed by atoms with E-state index in [1.165, 1.54) is 31.9 Å². The Morgan fingerprint density at radius 1 is 1.26 bits per heavy atom. The largest absolute Gasteiger partial charge is 0.314 e. The fourth-order valence-electron chi connectivity index (χ4n) is 2.72. The van der Waals surface area contributed by atoms with Gasteiger partial charge in [-0.05, 0) is 44.1 Å². The van der Waals surface area contributed by atoms with E-state index in [0.717, 1.165) is 13.0 Å². The Kier molecular flexibility index (Phi) is 6.27. The van der Waals surface area contributed by atoms with Crippen molar-refractivity contribution in [1.82, 2.24) is 9.62 Å². The van der Waals surface area contributed by atoms with Gasteiger partial charge in [-0.1, -0.05) is 20.8 Å². The summed E-state index contributed by atoms with van der Waals surface area (Å²) in [7, 11) is -3.03. The lowest BCUT2D eigenvalue weighted by Gasteiger charge is -2.34. The molecule has 0 spiro atoms. The third-order valence-electron chi connectivity index (χ3n) is 4.18. The monoisotopic (exact) mass is 290 g/mol. The van der Waals surface area contributed by atoms with Gasteiger partial charge in [0.05, 0.1) is 6.26 Å². The highest BCUT2D eigenvalue weighted by molar-refractivity contribution is 7.88. The van der Waals surface area contributed by atoms with Crippen LogP contribution in [0.5, 0.6) is 0 Å². The molecule has 1 rings (SSSR count). The van der Waals surface area contributed by atoms with Gasteiger partial charge in [-0.3, -0.25) is 0 Å². The van der Waals surface area contributed by atoms with Gasteiger partial charge in [0.1, 0.15) is 0 Å². The SMILES string of the molecule is CCN(CCCNC1CCC(C)(C)CC1)S(C)(=O)=O. The fourth-order valence-corrected chi connectivity index (χ4v) is 3.65. The molecular formula is C14H30N2O2S. The number of sulfonamides is 1. The van der Waals surface area contributed by atoms with Crippen LogP contribution in [0.1, 0.15) is 52.9 Å². The van der Waals surface area contributed by atoms with Crippen LogP contribution in [0.4, 0.5) is 0 Å². The Balaban J connectivity index is 2.18. The molecule has 0 heterocycles. The highest BCUT2D eigenvalue weighted by Crippen LogP contribution is 2.34. The van der Waals surface area contributed by atoms with Gasteiger partial charge in [-0.15, -0.1) is 0 Å². The molecule has 0 aromatic carbocycles. The number of hydrogen-bond donors (Lipinski definition) is 1. The van der Waals surface area contributed by atoms with Crippen LogP contribution in [0.2, 0.25) is 0 Å². The van der Waals surface area contributed by atoms with E-state index in [-0.39, 0.29) is 0 Å². The molecule has 19 heavy (non-hydrogen) atoms. The Hall–Kier alpha value is -0.130. The lowest BCUT2D eigenvalue weighted by atomic mass is 9.75. The predicted octanol–water partition coefficient (Wildman–Crippen LogP) is 2.22. The minimum atomic E-state index is -3.03. The van der Waals surface area contributed by atoms with E-state index in [9.17, 15) is 8.42 Å². The first-order valence-electron chi connectivity index (χ1n) is 7.43. The van der Waals surface area contributed by atoms with Gasteiger partial charge in [0.2, 0.25) is 10.0 Å². The zero-order valence-electron chi connectivity index (χ0n) is 12.9. The Morgan fingerprint density at radius 3 is 2.32 bits per heavy atom. The number of hydrogen-bond acceptors (Lipinski definition) is 3. The molecule has 114 valence electrons. The van der Waals surface area contributed by atoms with Crippen molar-refractivity contribution in [3.8, 4) is 0 Å². The lowest BCUT2D eigenvalue weighted by Crippen LogP contribution is -2.38. The van der Waals surface area contributed by atoms with E-state index in [4.69, 9.17) is 0 Å². The first kappa shape index (κ1) is 16.9. The molecule has 1 saturated carbocycles. The van der Waals surface area contributed by atoms with Crippen molar-refractivity contribution >= 4 is 10.0 Å². The lowest BCUT2D eigenvalue weighted by molar-refractivity contribution is 0.206. The second-order valence-corrected chi connectivity index (χ2v) is 8.48. The van der Waals surface area contributed by atoms with Gasteiger partial charge in [-0.2, -0.15) is 0 Å². The van der Waals surface area contributed by atoms with Crippen LogP contribution in [-0.2, 0) is 10.0 Å². The van der Waals surface area contributed by atoms with Gasteiger partial charge in [0, 0.05) is 19.1 Å². The van der Waals surface area contributed by atoms with Crippen LogP contribution in [-0.4, -0.2) is 44.7 Å². The molecule has 0 unspecified atom stereocenters. The average Bonchev–Trinajstić information content (AvgIpc) is 2.29. The van der Waals surface area contributed by atoms with Crippen molar-refractivity contribution in [3.05, 3.63) is 0 Å². The maximum Gasteiger partial charge on any atom is 0.211 e. The van der Waals surface area contributed by atoms with Crippen molar-refractivity contribution in [3.63, 3.8) is 0 Å². The van der Waals surface area contributed by atoms with E-state index in [1.54, 1.807) is 4.31 Å². The molecule has 4 nitrogen and oxygen atoms in total. The second-order valence-electron chi connectivity index (χ2n) is 6.50. The van der Waals surface area contributed by atoms with Crippen LogP contribution in [0.15, 0.2) is 0 Å². The Morgan fingerprint density at radius 2 is 1.84 bits per heavy atom. The highest BCUT2D eigenvalue weighted by Gasteiger charge is 2.26. The molecule has 0 bridgehead atoms. The molecule has 0 aromatic rings. The van der Waals surface area contributed by atoms with Gasteiger partial charge in [0.15, 0.2) is 0 Å². The molecule has 0 radical (unpaired) electrons. The smallest absolute Gasteiger partial charge is 0.211 e. The summed E-state index contributed by atoms with van der Waals surface area (Å²) in [5.41, 5.74) is 0.507. The highest BCUT2D eigenvalue weighted by atomic mass is 32.2. The van der Waals surface area contributed by atoms with Gasteiger partial charge >= 0.3 is 0 Å². The summed E-state index contributed by atoms with van der Waals surface area (Å²) in [6.45, 7) is 8.68. The standard InChI is InChI=1S/C14H30N2O2S/c1-5-16(19(4,17)18)12-6-11-15-13-7-9-14(2,3)10-8-13/h13,15H,5-12H2,1-4H3. The maximum absolute atomic E-state index is 11.4. The van der Waals surface area contributed by atoms with Crippen molar-refractivity contribution in [2.45, 2.75) is 58.9 Å². The molecule has 0 saturated heterocycles. The van der Waals surface area contributed by atoms with Crippen LogP contribution < -0.4 is 5.32 Å². The number of rotatable bonds is 7. The van der Waals surface area contributed by atoms with Gasteiger partial charge in [-0.25, -0.2) is 12.7 Å². The third kappa shape index (κ3) is 6.23. The van der Waals surface area contributed by atoms with Gasteiger partial charge < -0.3 is 5.32 Å². The van der Waals surface area contributed by atoms with Gasteiger partial charge in [0.25, 0.3) is 0 Å². The molecule has 1 aliphatic carbocycles. The summed E-state index contributed by atoms with van der Waals surface area (Å²) in [6.07, 6.45) is 7.24. The molecule has 0 amide bonds. The summed E-state index contributed by atoms with van der Waals surface area (Å²) in [4.78, 5) is 0. The van der Waals surface area contributed by atoms with E-state index in [1.807, 2.05) is 6.92 Å². The third-order valence-corrected chi connectivity index (χ3v) is 5.56. The molecule has 1 fully saturated rings. The number of nitrogens with one attached hydrogen (secondary N) is 1. The van der Waals surface area contributed by atoms with Crippen molar-refractivity contribution in [1.29, 1.82) is 0 Å². The quantitative estimate of drug-likeness (QED) is 0.731. The van der Waals surface area contributed by atoms with Crippen molar-refractivity contribution in [2.75, 3.05) is 25.9 Å². The topological polar surface area (TPSA) is 49.4 Å². The maximum atomic E-state index is 11.4. The molecule has 1 N–H and O–H groups in total. The summed E-state index contributed by atoms with van der Waals surface area (Å²) in [6, 6.07) is 0.626. The summed E-state index contributed by atoms with van der Waals surface area (Å²) < 4.78 is 24.4. The molecular weight excluding hydrogens is 260 g/mol. The molecule has 0 aliphatic heterocycles. The first-order chi connectivity index (χ1) is 8.74. The summed E-state index contributed by atoms with van der Waals surface area (Å²) in [5, 5.41) is 3.57. The zero-order valence-corrected chi connectivity index (χ0v) is 13.7. The second kappa shape index (κ2) is 7.04. The molecule has 0 aromatic heterocycles. The van der Waals surface area contributed by atoms with Crippen molar-refractivity contribution < 1.29 is 8.42 Å². The predicted molar refractivity (Wildman–Crippen MR) is 80.7 cm³/mol. The van der Waals surface area contributed by atoms with E-state index < -0.39 is 10.0 Å². The van der Waals surface area contributed by atoms with Crippen LogP contribution in [0.3, 0.4) is 0 Å². The Bertz CT molecular complexity index is 356. The van der Waals surface area contributed by atoms with E-state index in [2.05, 4.69) is 19.2 Å². The molecule has 1 aliphatic rings. The van der Waals surface area contributed by atoms with Crippen LogP contribution in [0, 0.1) is 5.41 Å². The van der Waals surface area contributed by atoms with Crippen molar-refractivity contribution in [2.24, 2.45) is 5.41 Å². The Labute approximate surface area is 119 Å². The van der Waals surface area contributed by atoms with Crippen LogP contribution >= 0.6 is 0 Å². The number of nitrogens with zero attached hydrogens (tertiary/aromatic N) is 1. The summed E-state index contributed by atoms with van der Waals surface area (Å²) in [5.74, 6) is 0. The first-order valence-corrected chi connectivity index (χ1v) is 9.28. The minimum Gasteiger partial charge on any atom is -0.314 e. The van der Waals surface area contributed by atoms with E-state index in [0.29, 0.717) is 24.5 Å². The normalized spacial score (nSPS) is 20.9. The average molecular weight is 290 g/mol. The molecule has 5 heteroatoms.